The van der Waals surface area contributed by atoms with Crippen molar-refractivity contribution in [3.8, 4) is 17.6 Å². The molecular weight excluding hydrogens is 1690 g/mol. The standard InChI is InChI=1S/3C17H23N3O2.C17H21N3O2.C17H23N3O2.C17H21N3O2.2CH4/c1-15(2)11-6-7-16(3)13(19-20(5)14(16)21)17(11,4)8-10-9-18-22-12(10)15;1-16(2)12-7-6-11-13(19-20(4)15(11)21-5)17(12,3)8-10-9-18-22-14(10)16;2*1-15(2)11-7-8-16(3)13(19-20(6)14(16)22)17(11,4)9-10(18-5)12(15)21;2*1-16(2)12-8-7-10-13(19-20(5)15(10)22-6)17(12,3)9-11(18-4)14(16)21;;/h9,11H,6-8H2,1-5H3;9,12H,6-8H2,1-5H3;10-11H,7-9H2,1-4,6H3;9,11H,7-8H2,1-4,6H3;11-12H,7-9H2,1-3,5-6H3;9,12H,7-8H2,1-3,5-6H3;2*1H4/t11-,16?,17-;12-,17-;10?,11-,16?,17-;11-,16?,17-;11?,12-,17-;12-,17-;;/m000000../s1/i;;;;;;2*1T. The summed E-state index contributed by atoms with van der Waals surface area (Å²) in [5, 5.41) is 40.5. The summed E-state index contributed by atoms with van der Waals surface area (Å²) in [7, 11) is 18.4. The summed E-state index contributed by atoms with van der Waals surface area (Å²) in [5.41, 5.74) is 6.70. The van der Waals surface area contributed by atoms with Crippen LogP contribution in [-0.4, -0.2) is 167 Å². The highest BCUT2D eigenvalue weighted by molar-refractivity contribution is 6.18. The highest BCUT2D eigenvalue weighted by Gasteiger charge is 2.70. The fourth-order valence-electron chi connectivity index (χ4n) is 29.9. The molecule has 20 rings (SSSR count). The van der Waals surface area contributed by atoms with Gasteiger partial charge in [-0.05, 0) is 146 Å². The smallest absolute Gasteiger partial charge is 0.282 e. The molecule has 134 heavy (non-hydrogen) atoms. The van der Waals surface area contributed by atoms with Gasteiger partial charge in [-0.25, -0.2) is 51.9 Å². The Morgan fingerprint density at radius 1 is 0.396 bits per heavy atom. The second kappa shape index (κ2) is 32.9. The van der Waals surface area contributed by atoms with Gasteiger partial charge in [0.15, 0.2) is 11.6 Å². The van der Waals surface area contributed by atoms with Crippen LogP contribution < -0.4 is 14.2 Å². The van der Waals surface area contributed by atoms with E-state index in [4.69, 9.17) is 67.6 Å². The van der Waals surface area contributed by atoms with Crippen LogP contribution in [0.25, 0.3) is 19.4 Å². The average molecular weight is 1840 g/mol. The van der Waals surface area contributed by atoms with Crippen LogP contribution in [0.15, 0.2) is 60.3 Å². The van der Waals surface area contributed by atoms with E-state index in [1.54, 1.807) is 62.9 Å². The number of methoxy groups -OCH3 is 3. The summed E-state index contributed by atoms with van der Waals surface area (Å²) in [4.78, 5) is 102. The number of amides is 3. The van der Waals surface area contributed by atoms with Crippen molar-refractivity contribution in [3.05, 3.63) is 138 Å². The summed E-state index contributed by atoms with van der Waals surface area (Å²) in [6.45, 7) is 73.2. The molecule has 0 bridgehead atoms. The van der Waals surface area contributed by atoms with E-state index in [9.17, 15) is 33.6 Å². The van der Waals surface area contributed by atoms with E-state index in [2.05, 4.69) is 114 Å². The van der Waals surface area contributed by atoms with E-state index < -0.39 is 60.8 Å². The lowest BCUT2D eigenvalue weighted by atomic mass is 9.46. The number of rotatable bonds is 3. The highest BCUT2D eigenvalue weighted by Crippen LogP contribution is 2.67. The van der Waals surface area contributed by atoms with Crippen molar-refractivity contribution in [1.82, 2.24) is 54.7 Å². The van der Waals surface area contributed by atoms with Gasteiger partial charge in [-0.1, -0.05) is 162 Å². The number of aromatic nitrogens is 8. The lowest BCUT2D eigenvalue weighted by Gasteiger charge is -2.55. The Morgan fingerprint density at radius 3 is 1.11 bits per heavy atom. The molecule has 3 amide bonds. The third-order valence-corrected chi connectivity index (χ3v) is 36.0. The summed E-state index contributed by atoms with van der Waals surface area (Å²) in [6.07, 6.45) is 20.8. The van der Waals surface area contributed by atoms with Gasteiger partial charge in [-0.3, -0.25) is 24.0 Å². The van der Waals surface area contributed by atoms with Crippen molar-refractivity contribution in [3.63, 3.8) is 0 Å². The fourth-order valence-corrected chi connectivity index (χ4v) is 29.9. The minimum absolute atomic E-state index is 0.00414. The van der Waals surface area contributed by atoms with Crippen molar-refractivity contribution < 1.29 is 59.6 Å². The molecule has 3 aliphatic heterocycles. The van der Waals surface area contributed by atoms with E-state index >= 15 is 0 Å². The lowest BCUT2D eigenvalue weighted by Crippen LogP contribution is -2.61. The van der Waals surface area contributed by atoms with Crippen molar-refractivity contribution in [2.45, 2.75) is 302 Å². The number of carbonyl (C=O) groups excluding carboxylic acids is 7. The van der Waals surface area contributed by atoms with Gasteiger partial charge in [0.25, 0.3) is 29.8 Å². The molecule has 0 aromatic carbocycles. The zero-order valence-electron chi connectivity index (χ0n) is 87.2. The molecule has 15 aliphatic rings. The van der Waals surface area contributed by atoms with Gasteiger partial charge in [-0.15, -0.1) is 0 Å². The van der Waals surface area contributed by atoms with E-state index in [1.165, 1.54) is 41.6 Å². The van der Waals surface area contributed by atoms with Crippen LogP contribution in [0, 0.1) is 116 Å². The van der Waals surface area contributed by atoms with E-state index in [-0.39, 0.29) is 108 Å². The summed E-state index contributed by atoms with van der Waals surface area (Å²) < 4.78 is 44.7. The lowest BCUT2D eigenvalue weighted by molar-refractivity contribution is -0.141. The first-order chi connectivity index (χ1) is 63.3. The third-order valence-electron chi connectivity index (χ3n) is 36.0. The predicted molar refractivity (Wildman–Crippen MR) is 509 cm³/mol. The number of ether oxygens (including phenoxy) is 3. The Kier molecular flexibility index (Phi) is 23.9. The number of allylic oxidation sites excluding steroid dienone is 4. The molecule has 5 aromatic rings. The molecule has 5 aromatic heterocycles. The molecular formula is C104H142N18O12. The molecule has 30 heteroatoms. The first-order valence-corrected chi connectivity index (χ1v) is 46.8. The van der Waals surface area contributed by atoms with E-state index in [0.717, 1.165) is 158 Å². The summed E-state index contributed by atoms with van der Waals surface area (Å²) in [6, 6.07) is -1.18. The van der Waals surface area contributed by atoms with E-state index in [1.807, 2.05) is 120 Å². The van der Waals surface area contributed by atoms with Crippen LogP contribution in [0.4, 0.5) is 0 Å². The van der Waals surface area contributed by atoms with Crippen LogP contribution in [-0.2, 0) is 114 Å². The first kappa shape index (κ1) is 97.5. The molecule has 5 unspecified atom stereocenters. The number of hydrogen-bond donors (Lipinski definition) is 0. The summed E-state index contributed by atoms with van der Waals surface area (Å²) in [5.74, 6) is 6.21. The molecule has 17 atom stereocenters. The Labute approximate surface area is 794 Å². The number of hydrazone groups is 3. The molecule has 8 heterocycles. The Balaban J connectivity index is 0.000000137. The van der Waals surface area contributed by atoms with Crippen LogP contribution in [0.5, 0.6) is 17.6 Å². The van der Waals surface area contributed by atoms with E-state index in [0.29, 0.717) is 31.1 Å². The number of hydrogen-bond acceptors (Lipinski definition) is 20. The quantitative estimate of drug-likeness (QED) is 0.151. The van der Waals surface area contributed by atoms with Crippen LogP contribution in [0.1, 0.15) is 290 Å². The van der Waals surface area contributed by atoms with Crippen LogP contribution >= 0.6 is 0 Å². The van der Waals surface area contributed by atoms with Gasteiger partial charge in [0.05, 0.1) is 97.3 Å². The largest absolute Gasteiger partial charge is 0.481 e. The average Bonchev–Trinajstić information content (AvgIpc) is 1.50. The number of aryl methyl sites for hydroxylation is 3. The molecule has 0 saturated heterocycles. The Hall–Kier alpha value is -11.0. The van der Waals surface area contributed by atoms with Gasteiger partial charge in [0.2, 0.25) is 40.6 Å². The summed E-state index contributed by atoms with van der Waals surface area (Å²) >= 11 is 0. The minimum atomic E-state index is -0.623. The monoisotopic (exact) mass is 1840 g/mol. The van der Waals surface area contributed by atoms with Crippen molar-refractivity contribution in [1.29, 1.82) is 0 Å². The third kappa shape index (κ3) is 13.9. The van der Waals surface area contributed by atoms with Crippen LogP contribution in [0.3, 0.4) is 0 Å². The fraction of sp³-hybridized carbons (Fsp3) is 0.683. The molecule has 0 N–H and O–H groups in total. The Bertz CT molecular complexity index is 6090. The maximum Gasteiger partial charge on any atom is 0.282 e. The second-order valence-electron chi connectivity index (χ2n) is 45.9. The number of fused-ring (bicyclic) bond motifs is 20. The zero-order chi connectivity index (χ0) is 101. The number of nitrogens with zero attached hydrogens (tertiary/aromatic N) is 18. The molecule has 0 spiro atoms. The van der Waals surface area contributed by atoms with Gasteiger partial charge in [0.1, 0.15) is 11.5 Å². The van der Waals surface area contributed by atoms with Crippen molar-refractivity contribution in [2.24, 2.45) is 126 Å². The number of Topliss-reactive ketones (excluding diaryl/α,β-unsaturated/α-hetero) is 4. The highest BCUT2D eigenvalue weighted by atomic mass is 16.5. The minimum Gasteiger partial charge on any atom is -0.481 e. The molecule has 720 valence electrons. The van der Waals surface area contributed by atoms with Gasteiger partial charge in [0, 0.05) is 151 Å². The van der Waals surface area contributed by atoms with Crippen molar-refractivity contribution >= 4 is 58.0 Å². The van der Waals surface area contributed by atoms with Crippen LogP contribution in [0.2, 0.25) is 0 Å². The molecule has 5 saturated carbocycles. The molecule has 12 aliphatic carbocycles. The SMILES string of the molecule is CN1N=C2C(C)(CC[C@H]3C(C)(C)c4oncc4C[C@]23C)C1=O.COc1c2c(nn1C)[C@@]1(C)Cc3cnoc3C(C)(C)[C@@H]1CC2.[3H]C.[3H]C.[C-]#[N+]C1=C[C@]2(C)C3=NN(C)C(=O)C3(C)CC[C@H]2C(C)(C)C1=O.[C-]#[N+]C1=C[C@]2(C)c3nn(C)c(OC)c3CC[C@H]2C(C)(C)C1=O.[C-]#[N+]C1C[C@]2(C)C3=NN(C)C(=O)C3(C)CC[C@H]2C(C)(C)C1=O.[C-]#[N+]C1C[C@]2(C)c3nn(C)c(OC)c3CC[C@H]2C(C)(C)C1=O. The van der Waals surface area contributed by atoms with Crippen molar-refractivity contribution in [2.75, 3.05) is 42.5 Å². The number of carbonyl (C=O) groups is 7. The first-order valence-electron chi connectivity index (χ1n) is 48.8. The molecule has 5 fully saturated rings. The maximum atomic E-state index is 12.7. The maximum absolute atomic E-state index is 12.7. The topological polar surface area (TPSA) is 317 Å². The zero-order valence-corrected chi connectivity index (χ0v) is 85.2. The second-order valence-corrected chi connectivity index (χ2v) is 45.9. The molecule has 0 radical (unpaired) electrons. The number of ketones is 4. The van der Waals surface area contributed by atoms with Gasteiger partial charge < -0.3 is 42.5 Å². The van der Waals surface area contributed by atoms with Gasteiger partial charge in [-0.2, -0.15) is 30.6 Å². The molecule has 30 nitrogen and oxygen atoms in total. The predicted octanol–water partition coefficient (Wildman–Crippen LogP) is 17.2. The van der Waals surface area contributed by atoms with Gasteiger partial charge >= 0.3 is 0 Å². The normalized spacial score (nSPS) is 35.0. The Morgan fingerprint density at radius 2 is 0.709 bits per heavy atom.